The molecular formula is C17H13BrI2N2O4S. The van der Waals surface area contributed by atoms with Crippen molar-refractivity contribution in [3.05, 3.63) is 53.1 Å². The summed E-state index contributed by atoms with van der Waals surface area (Å²) in [5, 5.41) is 14.8. The molecule has 0 saturated carbocycles. The van der Waals surface area contributed by atoms with Crippen LogP contribution < -0.4 is 15.4 Å². The number of thiocarbonyl (C=S) groups is 1. The van der Waals surface area contributed by atoms with Gasteiger partial charge in [-0.25, -0.2) is 4.79 Å². The topological polar surface area (TPSA) is 87.7 Å². The molecule has 0 aromatic heterocycles. The Morgan fingerprint density at radius 1 is 1.26 bits per heavy atom. The Morgan fingerprint density at radius 3 is 2.56 bits per heavy atom. The molecule has 2 rings (SSSR count). The normalized spacial score (nSPS) is 10.2. The fraction of sp³-hybridized carbons (Fsp3) is 0.118. The lowest BCUT2D eigenvalue weighted by molar-refractivity contribution is 0.0697. The highest BCUT2D eigenvalue weighted by atomic mass is 127. The van der Waals surface area contributed by atoms with Crippen LogP contribution in [0.15, 0.2) is 34.8 Å². The summed E-state index contributed by atoms with van der Waals surface area (Å²) in [6, 6.07) is 8.26. The van der Waals surface area contributed by atoms with Crippen molar-refractivity contribution in [2.75, 3.05) is 11.9 Å². The van der Waals surface area contributed by atoms with E-state index in [0.717, 1.165) is 3.57 Å². The summed E-state index contributed by atoms with van der Waals surface area (Å²) in [6.45, 7) is 2.38. The molecule has 0 unspecified atom stereocenters. The van der Waals surface area contributed by atoms with Crippen LogP contribution in [0.4, 0.5) is 5.69 Å². The van der Waals surface area contributed by atoms with E-state index in [2.05, 4.69) is 26.6 Å². The summed E-state index contributed by atoms with van der Waals surface area (Å²) in [5.74, 6) is -0.874. The second-order valence-corrected chi connectivity index (χ2v) is 8.77. The Labute approximate surface area is 196 Å². The minimum atomic E-state index is -1.08. The second kappa shape index (κ2) is 9.98. The minimum Gasteiger partial charge on any atom is -0.493 e. The molecule has 0 bridgehead atoms. The van der Waals surface area contributed by atoms with E-state index in [1.54, 1.807) is 18.2 Å². The Morgan fingerprint density at radius 2 is 1.96 bits per heavy atom. The summed E-state index contributed by atoms with van der Waals surface area (Å²) in [4.78, 5) is 23.9. The van der Waals surface area contributed by atoms with E-state index in [4.69, 9.17) is 17.0 Å². The molecule has 6 nitrogen and oxygen atoms in total. The monoisotopic (exact) mass is 674 g/mol. The first-order valence-corrected chi connectivity index (χ1v) is 10.9. The van der Waals surface area contributed by atoms with E-state index < -0.39 is 11.9 Å². The number of ether oxygens (including phenoxy) is 1. The minimum absolute atomic E-state index is 0.00614. The van der Waals surface area contributed by atoms with Crippen molar-refractivity contribution >= 4 is 96.0 Å². The predicted molar refractivity (Wildman–Crippen MR) is 128 cm³/mol. The van der Waals surface area contributed by atoms with Gasteiger partial charge in [0.05, 0.1) is 22.3 Å². The summed E-state index contributed by atoms with van der Waals surface area (Å²) in [7, 11) is 0. The van der Waals surface area contributed by atoms with Crippen LogP contribution in [0.3, 0.4) is 0 Å². The molecule has 2 aromatic carbocycles. The third-order valence-electron chi connectivity index (χ3n) is 3.24. The molecule has 2 aromatic rings. The van der Waals surface area contributed by atoms with Gasteiger partial charge in [0, 0.05) is 12.7 Å². The number of benzene rings is 2. The van der Waals surface area contributed by atoms with Crippen LogP contribution in [0, 0.1) is 7.14 Å². The van der Waals surface area contributed by atoms with E-state index in [1.165, 1.54) is 6.07 Å². The van der Waals surface area contributed by atoms with Crippen LogP contribution in [-0.4, -0.2) is 28.7 Å². The molecule has 3 N–H and O–H groups in total. The molecule has 0 atom stereocenters. The van der Waals surface area contributed by atoms with Gasteiger partial charge >= 0.3 is 5.97 Å². The average molecular weight is 675 g/mol. The number of carbonyl (C=O) groups excluding carboxylic acids is 1. The van der Waals surface area contributed by atoms with E-state index in [0.29, 0.717) is 31.7 Å². The Bertz CT molecular complexity index is 924. The van der Waals surface area contributed by atoms with Gasteiger partial charge in [-0.2, -0.15) is 0 Å². The van der Waals surface area contributed by atoms with Crippen molar-refractivity contribution in [1.29, 1.82) is 0 Å². The first kappa shape index (κ1) is 22.3. The fourth-order valence-corrected chi connectivity index (χ4v) is 4.77. The van der Waals surface area contributed by atoms with Gasteiger partial charge in [-0.15, -0.1) is 0 Å². The summed E-state index contributed by atoms with van der Waals surface area (Å²) in [5.41, 5.74) is 0.790. The standard InChI is InChI=1S/C17H13BrI2N2O4S/c1-2-26-13-4-3-8(5-11(13)18)15(23)22-17(27)21-14-10(16(24)25)6-9(19)7-12(14)20/h3-7H,2H2,1H3,(H,24,25)(H2,21,22,23,27). The number of amides is 1. The zero-order valence-electron chi connectivity index (χ0n) is 13.8. The van der Waals surface area contributed by atoms with Gasteiger partial charge in [0.2, 0.25) is 0 Å². The van der Waals surface area contributed by atoms with Gasteiger partial charge in [-0.1, -0.05) is 0 Å². The van der Waals surface area contributed by atoms with Gasteiger partial charge in [0.1, 0.15) is 5.75 Å². The largest absolute Gasteiger partial charge is 0.493 e. The number of halogens is 3. The summed E-state index contributed by atoms with van der Waals surface area (Å²) < 4.78 is 7.53. The zero-order valence-corrected chi connectivity index (χ0v) is 20.5. The lowest BCUT2D eigenvalue weighted by Crippen LogP contribution is -2.34. The highest BCUT2D eigenvalue weighted by Gasteiger charge is 2.17. The van der Waals surface area contributed by atoms with Gasteiger partial charge in [-0.3, -0.25) is 10.1 Å². The van der Waals surface area contributed by atoms with Crippen molar-refractivity contribution in [3.8, 4) is 5.75 Å². The van der Waals surface area contributed by atoms with Crippen molar-refractivity contribution < 1.29 is 19.4 Å². The molecule has 1 amide bonds. The van der Waals surface area contributed by atoms with Crippen molar-refractivity contribution in [3.63, 3.8) is 0 Å². The number of aromatic carboxylic acids is 1. The van der Waals surface area contributed by atoms with Crippen LogP contribution in [0.25, 0.3) is 0 Å². The van der Waals surface area contributed by atoms with Crippen molar-refractivity contribution in [2.45, 2.75) is 6.92 Å². The molecule has 0 fully saturated rings. The molecule has 10 heteroatoms. The molecular weight excluding hydrogens is 662 g/mol. The Hall–Kier alpha value is -0.990. The summed E-state index contributed by atoms with van der Waals surface area (Å²) >= 11 is 12.6. The lowest BCUT2D eigenvalue weighted by Gasteiger charge is -2.14. The van der Waals surface area contributed by atoms with Gasteiger partial charge in [0.25, 0.3) is 5.91 Å². The van der Waals surface area contributed by atoms with E-state index >= 15 is 0 Å². The third-order valence-corrected chi connectivity index (χ3v) is 5.54. The highest BCUT2D eigenvalue weighted by Crippen LogP contribution is 2.27. The maximum Gasteiger partial charge on any atom is 0.337 e. The average Bonchev–Trinajstić information content (AvgIpc) is 2.58. The molecule has 0 aliphatic carbocycles. The van der Waals surface area contributed by atoms with Crippen molar-refractivity contribution in [2.24, 2.45) is 0 Å². The predicted octanol–water partition coefficient (Wildman–Crippen LogP) is 4.88. The SMILES string of the molecule is CCOc1ccc(C(=O)NC(=S)Nc2c(I)cc(I)cc2C(=O)O)cc1Br. The lowest BCUT2D eigenvalue weighted by atomic mass is 10.2. The van der Waals surface area contributed by atoms with Crippen LogP contribution >= 0.6 is 73.3 Å². The summed E-state index contributed by atoms with van der Waals surface area (Å²) in [6.07, 6.45) is 0. The molecule has 0 spiro atoms. The molecule has 0 aliphatic rings. The number of rotatable bonds is 5. The Balaban J connectivity index is 2.16. The van der Waals surface area contributed by atoms with Crippen LogP contribution in [0.5, 0.6) is 5.75 Å². The van der Waals surface area contributed by atoms with E-state index in [-0.39, 0.29) is 10.7 Å². The van der Waals surface area contributed by atoms with E-state index in [1.807, 2.05) is 58.2 Å². The molecule has 0 aliphatic heterocycles. The zero-order chi connectivity index (χ0) is 20.1. The van der Waals surface area contributed by atoms with Crippen molar-refractivity contribution in [1.82, 2.24) is 5.32 Å². The number of anilines is 1. The molecule has 27 heavy (non-hydrogen) atoms. The number of carboxylic acids is 1. The van der Waals surface area contributed by atoms with Gasteiger partial charge in [-0.05, 0) is 111 Å². The van der Waals surface area contributed by atoms with Gasteiger partial charge < -0.3 is 15.2 Å². The molecule has 142 valence electrons. The second-order valence-electron chi connectivity index (χ2n) is 5.10. The highest BCUT2D eigenvalue weighted by molar-refractivity contribution is 14.1. The molecule has 0 heterocycles. The number of hydrogen-bond acceptors (Lipinski definition) is 4. The smallest absolute Gasteiger partial charge is 0.337 e. The fourth-order valence-electron chi connectivity index (χ4n) is 2.10. The molecule has 0 radical (unpaired) electrons. The van der Waals surface area contributed by atoms with Gasteiger partial charge in [0.15, 0.2) is 5.11 Å². The Kier molecular flexibility index (Phi) is 8.24. The third kappa shape index (κ3) is 5.99. The number of carboxylic acid groups (broad SMARTS) is 1. The maximum atomic E-state index is 12.4. The first-order chi connectivity index (χ1) is 12.7. The maximum absolute atomic E-state index is 12.4. The van der Waals surface area contributed by atoms with E-state index in [9.17, 15) is 14.7 Å². The molecule has 0 saturated heterocycles. The first-order valence-electron chi connectivity index (χ1n) is 7.50. The van der Waals surface area contributed by atoms with Crippen LogP contribution in [-0.2, 0) is 0 Å². The number of carbonyl (C=O) groups is 2. The quantitative estimate of drug-likeness (QED) is 0.310. The number of nitrogens with one attached hydrogen (secondary N) is 2. The van der Waals surface area contributed by atoms with Crippen LogP contribution in [0.2, 0.25) is 0 Å². The number of hydrogen-bond donors (Lipinski definition) is 3. The van der Waals surface area contributed by atoms with Crippen LogP contribution in [0.1, 0.15) is 27.6 Å².